The van der Waals surface area contributed by atoms with Crippen LogP contribution in [0.1, 0.15) is 17.9 Å². The van der Waals surface area contributed by atoms with Gasteiger partial charge in [-0.05, 0) is 25.1 Å². The largest absolute Gasteiger partial charge is 0.508 e. The molecule has 1 aliphatic heterocycles. The first-order chi connectivity index (χ1) is 7.24. The van der Waals surface area contributed by atoms with Crippen LogP contribution in [0.15, 0.2) is 12.1 Å². The maximum atomic E-state index is 9.80. The van der Waals surface area contributed by atoms with Gasteiger partial charge in [-0.15, -0.1) is 0 Å². The molecule has 2 rings (SSSR count). The van der Waals surface area contributed by atoms with Crippen molar-refractivity contribution in [1.82, 2.24) is 5.32 Å². The Labute approximate surface area is 94.0 Å². The summed E-state index contributed by atoms with van der Waals surface area (Å²) in [5.74, 6) is 1.17. The maximum Gasteiger partial charge on any atom is 0.138 e. The van der Waals surface area contributed by atoms with Crippen molar-refractivity contribution in [3.05, 3.63) is 22.7 Å². The number of hydrogen-bond donors (Lipinski definition) is 2. The lowest BCUT2D eigenvalue weighted by Gasteiger charge is -2.15. The van der Waals surface area contributed by atoms with Gasteiger partial charge in [-0.3, -0.25) is 0 Å². The molecule has 0 aliphatic carbocycles. The number of phenols is 1. The molecule has 1 unspecified atom stereocenters. The van der Waals surface area contributed by atoms with Crippen LogP contribution in [-0.2, 0) is 0 Å². The molecule has 0 bridgehead atoms. The first kappa shape index (κ1) is 10.6. The summed E-state index contributed by atoms with van der Waals surface area (Å²) >= 11 is 6.18. The summed E-state index contributed by atoms with van der Waals surface area (Å²) in [6.45, 7) is 1.83. The molecular weight excluding hydrogens is 214 g/mol. The number of ether oxygens (including phenoxy) is 1. The molecule has 1 aromatic rings. The summed E-state index contributed by atoms with van der Waals surface area (Å²) in [5.41, 5.74) is 0.806. The van der Waals surface area contributed by atoms with Crippen molar-refractivity contribution in [2.75, 3.05) is 20.2 Å². The summed E-state index contributed by atoms with van der Waals surface area (Å²) in [7, 11) is 1.58. The van der Waals surface area contributed by atoms with Crippen molar-refractivity contribution < 1.29 is 9.84 Å². The van der Waals surface area contributed by atoms with E-state index in [1.165, 1.54) is 0 Å². The minimum atomic E-state index is 0.259. The molecule has 2 N–H and O–H groups in total. The lowest BCUT2D eigenvalue weighted by molar-refractivity contribution is 0.410. The van der Waals surface area contributed by atoms with Crippen LogP contribution in [0.4, 0.5) is 0 Å². The minimum absolute atomic E-state index is 0.259. The first-order valence-corrected chi connectivity index (χ1v) is 5.38. The second-order valence-electron chi connectivity index (χ2n) is 3.70. The molecular formula is C11H14ClNO2. The normalized spacial score (nSPS) is 20.5. The quantitative estimate of drug-likeness (QED) is 0.814. The van der Waals surface area contributed by atoms with E-state index >= 15 is 0 Å². The van der Waals surface area contributed by atoms with Gasteiger partial charge in [-0.1, -0.05) is 11.6 Å². The molecule has 0 amide bonds. The Bertz CT molecular complexity index is 362. The van der Waals surface area contributed by atoms with Gasteiger partial charge in [0, 0.05) is 18.0 Å². The van der Waals surface area contributed by atoms with Gasteiger partial charge in [-0.25, -0.2) is 0 Å². The highest BCUT2D eigenvalue weighted by Crippen LogP contribution is 2.40. The summed E-state index contributed by atoms with van der Waals surface area (Å²) in [4.78, 5) is 0. The Balaban J connectivity index is 2.43. The predicted molar refractivity (Wildman–Crippen MR) is 59.9 cm³/mol. The van der Waals surface area contributed by atoms with Crippen LogP contribution in [0.5, 0.6) is 11.5 Å². The van der Waals surface area contributed by atoms with E-state index in [9.17, 15) is 5.11 Å². The topological polar surface area (TPSA) is 41.5 Å². The van der Waals surface area contributed by atoms with Crippen LogP contribution in [0.2, 0.25) is 5.02 Å². The number of phenolic OH excluding ortho intramolecular Hbond substituents is 1. The fraction of sp³-hybridized carbons (Fsp3) is 0.455. The zero-order chi connectivity index (χ0) is 10.8. The van der Waals surface area contributed by atoms with E-state index < -0.39 is 0 Å². The fourth-order valence-corrected chi connectivity index (χ4v) is 2.40. The predicted octanol–water partition coefficient (Wildman–Crippen LogP) is 2.13. The van der Waals surface area contributed by atoms with Gasteiger partial charge in [0.15, 0.2) is 0 Å². The van der Waals surface area contributed by atoms with Crippen molar-refractivity contribution in [2.45, 2.75) is 12.3 Å². The van der Waals surface area contributed by atoms with Crippen molar-refractivity contribution in [3.8, 4) is 11.5 Å². The van der Waals surface area contributed by atoms with Gasteiger partial charge in [0.2, 0.25) is 0 Å². The number of methoxy groups -OCH3 is 1. The molecule has 4 heteroatoms. The van der Waals surface area contributed by atoms with Crippen molar-refractivity contribution >= 4 is 11.6 Å². The molecule has 1 saturated heterocycles. The van der Waals surface area contributed by atoms with E-state index in [0.717, 1.165) is 25.1 Å². The second-order valence-corrected chi connectivity index (χ2v) is 4.08. The first-order valence-electron chi connectivity index (χ1n) is 5.00. The maximum absolute atomic E-state index is 9.80. The molecule has 1 aliphatic rings. The third-order valence-electron chi connectivity index (χ3n) is 2.81. The molecule has 0 saturated carbocycles. The Morgan fingerprint density at radius 2 is 2.33 bits per heavy atom. The van der Waals surface area contributed by atoms with Gasteiger partial charge in [-0.2, -0.15) is 0 Å². The minimum Gasteiger partial charge on any atom is -0.508 e. The molecule has 1 fully saturated rings. The van der Waals surface area contributed by atoms with Crippen molar-refractivity contribution in [3.63, 3.8) is 0 Å². The Morgan fingerprint density at radius 3 is 2.93 bits per heavy atom. The third-order valence-corrected chi connectivity index (χ3v) is 3.20. The number of hydrogen-bond acceptors (Lipinski definition) is 3. The zero-order valence-electron chi connectivity index (χ0n) is 8.59. The number of benzene rings is 1. The zero-order valence-corrected chi connectivity index (χ0v) is 9.34. The Kier molecular flexibility index (Phi) is 3.03. The fourth-order valence-electron chi connectivity index (χ4n) is 2.01. The molecule has 15 heavy (non-hydrogen) atoms. The molecule has 0 aromatic heterocycles. The van der Waals surface area contributed by atoms with Gasteiger partial charge in [0.25, 0.3) is 0 Å². The second kappa shape index (κ2) is 4.29. The summed E-state index contributed by atoms with van der Waals surface area (Å²) < 4.78 is 5.14. The van der Waals surface area contributed by atoms with Crippen LogP contribution in [0.25, 0.3) is 0 Å². The number of aromatic hydroxyl groups is 1. The summed E-state index contributed by atoms with van der Waals surface area (Å²) in [6.07, 6.45) is 1.00. The van der Waals surface area contributed by atoms with E-state index in [2.05, 4.69) is 5.32 Å². The van der Waals surface area contributed by atoms with Crippen LogP contribution < -0.4 is 10.1 Å². The highest BCUT2D eigenvalue weighted by Gasteiger charge is 2.24. The molecule has 0 radical (unpaired) electrons. The summed E-state index contributed by atoms with van der Waals surface area (Å²) in [5, 5.41) is 13.6. The van der Waals surface area contributed by atoms with Crippen molar-refractivity contribution in [1.29, 1.82) is 0 Å². The van der Waals surface area contributed by atoms with E-state index in [4.69, 9.17) is 16.3 Å². The highest BCUT2D eigenvalue weighted by atomic mass is 35.5. The highest BCUT2D eigenvalue weighted by molar-refractivity contribution is 6.33. The van der Waals surface area contributed by atoms with Crippen LogP contribution in [-0.4, -0.2) is 25.3 Å². The smallest absolute Gasteiger partial charge is 0.138 e. The summed E-state index contributed by atoms with van der Waals surface area (Å²) in [6, 6.07) is 3.32. The van der Waals surface area contributed by atoms with Gasteiger partial charge in [0.1, 0.15) is 11.5 Å². The SMILES string of the molecule is COc1ccc(O)c(C2CCNC2)c1Cl. The molecule has 1 aromatic carbocycles. The number of nitrogens with one attached hydrogen (secondary N) is 1. The van der Waals surface area contributed by atoms with E-state index in [-0.39, 0.29) is 11.7 Å². The van der Waals surface area contributed by atoms with Crippen molar-refractivity contribution in [2.24, 2.45) is 0 Å². The van der Waals surface area contributed by atoms with Crippen LogP contribution >= 0.6 is 11.6 Å². The van der Waals surface area contributed by atoms with Gasteiger partial charge in [0.05, 0.1) is 12.1 Å². The van der Waals surface area contributed by atoms with Crippen LogP contribution in [0.3, 0.4) is 0 Å². The Hall–Kier alpha value is -0.930. The number of rotatable bonds is 2. The van der Waals surface area contributed by atoms with Crippen LogP contribution in [0, 0.1) is 0 Å². The molecule has 82 valence electrons. The molecule has 3 nitrogen and oxygen atoms in total. The van der Waals surface area contributed by atoms with E-state index in [0.29, 0.717) is 10.8 Å². The molecule has 1 heterocycles. The van der Waals surface area contributed by atoms with Gasteiger partial charge >= 0.3 is 0 Å². The Morgan fingerprint density at radius 1 is 1.53 bits per heavy atom. The third kappa shape index (κ3) is 1.90. The average Bonchev–Trinajstić information content (AvgIpc) is 2.71. The lowest BCUT2D eigenvalue weighted by Crippen LogP contribution is -2.08. The molecule has 0 spiro atoms. The monoisotopic (exact) mass is 227 g/mol. The lowest BCUT2D eigenvalue weighted by atomic mass is 9.97. The number of halogens is 1. The van der Waals surface area contributed by atoms with Gasteiger partial charge < -0.3 is 15.2 Å². The van der Waals surface area contributed by atoms with E-state index in [1.807, 2.05) is 0 Å². The molecule has 1 atom stereocenters. The average molecular weight is 228 g/mol. The standard InChI is InChI=1S/C11H14ClNO2/c1-15-9-3-2-8(14)10(11(9)12)7-4-5-13-6-7/h2-3,7,13-14H,4-6H2,1H3. The van der Waals surface area contributed by atoms with E-state index in [1.54, 1.807) is 19.2 Å².